The Morgan fingerprint density at radius 2 is 1.92 bits per heavy atom. The van der Waals surface area contributed by atoms with Crippen LogP contribution in [0.1, 0.15) is 18.7 Å². The van der Waals surface area contributed by atoms with Crippen molar-refractivity contribution in [3.8, 4) is 11.4 Å². The summed E-state index contributed by atoms with van der Waals surface area (Å²) < 4.78 is 40.7. The van der Waals surface area contributed by atoms with E-state index in [9.17, 15) is 22.8 Å². The number of piperidine rings is 1. The van der Waals surface area contributed by atoms with Crippen LogP contribution in [-0.2, 0) is 32.2 Å². The van der Waals surface area contributed by atoms with Gasteiger partial charge >= 0.3 is 12.1 Å². The number of carboxylic acids is 1. The maximum atomic E-state index is 12.7. The topological polar surface area (TPSA) is 127 Å². The minimum absolute atomic E-state index is 0.0349. The molecule has 5 heterocycles. The molecular weight excluding hydrogens is 539 g/mol. The summed E-state index contributed by atoms with van der Waals surface area (Å²) in [4.78, 5) is 45.9. The fourth-order valence-electron chi connectivity index (χ4n) is 5.21. The molecule has 0 radical (unpaired) electrons. The van der Waals surface area contributed by atoms with E-state index >= 15 is 0 Å². The molecule has 0 aromatic carbocycles. The van der Waals surface area contributed by atoms with Gasteiger partial charge in [-0.1, -0.05) is 13.8 Å². The Balaban J connectivity index is 0.000000392. The summed E-state index contributed by atoms with van der Waals surface area (Å²) in [5.74, 6) is -2.26. The number of ether oxygens (including phenoxy) is 1. The van der Waals surface area contributed by atoms with Gasteiger partial charge < -0.3 is 19.7 Å². The van der Waals surface area contributed by atoms with E-state index in [1.54, 1.807) is 17.5 Å². The molecule has 3 unspecified atom stereocenters. The second kappa shape index (κ2) is 9.99. The van der Waals surface area contributed by atoms with Gasteiger partial charge in [0, 0.05) is 42.1 Å². The number of hydrogen-bond donors (Lipinski definition) is 2. The van der Waals surface area contributed by atoms with Crippen LogP contribution in [0.3, 0.4) is 0 Å². The van der Waals surface area contributed by atoms with Crippen LogP contribution in [0.4, 0.5) is 13.2 Å². The number of rotatable bonds is 5. The van der Waals surface area contributed by atoms with Crippen molar-refractivity contribution >= 4 is 39.3 Å². The SMILES string of the molecule is CC1(C)C2C(=O)N(Cc3cc4nccc(-c5nccn5CC5CNCCO5)c4s3)C(=O)C21.O=C(O)C(F)(F)F. The number of likely N-dealkylation sites (tertiary alicyclic amines) is 1. The van der Waals surface area contributed by atoms with E-state index in [4.69, 9.17) is 14.6 Å². The first-order valence-corrected chi connectivity index (χ1v) is 13.1. The third kappa shape index (κ3) is 5.15. The van der Waals surface area contributed by atoms with Crippen LogP contribution >= 0.6 is 11.3 Å². The van der Waals surface area contributed by atoms with E-state index in [2.05, 4.69) is 19.9 Å². The normalized spacial score (nSPS) is 23.9. The van der Waals surface area contributed by atoms with Crippen LogP contribution in [0.5, 0.6) is 0 Å². The Hall–Kier alpha value is -3.36. The lowest BCUT2D eigenvalue weighted by Gasteiger charge is -2.24. The first kappa shape index (κ1) is 27.2. The number of nitrogens with one attached hydrogen (secondary N) is 1. The quantitative estimate of drug-likeness (QED) is 0.453. The Bertz CT molecular complexity index is 1400. The number of hydrogen-bond acceptors (Lipinski definition) is 8. The standard InChI is InChI=1S/C23H25N5O3S.C2HF3O2/c1-23(2)17-18(23)22(30)28(21(17)29)12-14-9-16-19(32-14)15(3-4-25-16)20-26-5-7-27(20)11-13-10-24-6-8-31-13;3-2(4,5)1(6)7/h3-5,7,9,13,17-18,24H,6,8,10-12H2,1-2H3;(H,6,7). The molecule has 3 atom stereocenters. The maximum Gasteiger partial charge on any atom is 0.490 e. The number of imide groups is 1. The maximum absolute atomic E-state index is 12.7. The van der Waals surface area contributed by atoms with Crippen molar-refractivity contribution in [2.75, 3.05) is 19.7 Å². The Morgan fingerprint density at radius 3 is 2.54 bits per heavy atom. The minimum atomic E-state index is -5.08. The van der Waals surface area contributed by atoms with E-state index in [0.29, 0.717) is 6.54 Å². The molecule has 10 nitrogen and oxygen atoms in total. The fourth-order valence-corrected chi connectivity index (χ4v) is 6.33. The lowest BCUT2D eigenvalue weighted by molar-refractivity contribution is -0.192. The summed E-state index contributed by atoms with van der Waals surface area (Å²) in [7, 11) is 0. The summed E-state index contributed by atoms with van der Waals surface area (Å²) in [5.41, 5.74) is 1.68. The van der Waals surface area contributed by atoms with Crippen LogP contribution in [-0.4, -0.2) is 74.3 Å². The van der Waals surface area contributed by atoms with E-state index in [-0.39, 0.29) is 35.2 Å². The molecule has 0 bridgehead atoms. The molecular formula is C25H26F3N5O5S. The van der Waals surface area contributed by atoms with Crippen molar-refractivity contribution in [1.29, 1.82) is 0 Å². The molecule has 0 spiro atoms. The lowest BCUT2D eigenvalue weighted by Crippen LogP contribution is -2.40. The third-order valence-electron chi connectivity index (χ3n) is 7.27. The number of fused-ring (bicyclic) bond motifs is 2. The van der Waals surface area contributed by atoms with Gasteiger partial charge in [-0.25, -0.2) is 9.78 Å². The highest BCUT2D eigenvalue weighted by Gasteiger charge is 2.72. The number of carbonyl (C=O) groups excluding carboxylic acids is 2. The number of thiophene rings is 1. The van der Waals surface area contributed by atoms with Crippen LogP contribution in [0.2, 0.25) is 0 Å². The smallest absolute Gasteiger partial charge is 0.475 e. The van der Waals surface area contributed by atoms with Gasteiger partial charge in [-0.15, -0.1) is 11.3 Å². The Morgan fingerprint density at radius 1 is 1.23 bits per heavy atom. The zero-order valence-electron chi connectivity index (χ0n) is 21.1. The number of morpholine rings is 1. The van der Waals surface area contributed by atoms with Crippen LogP contribution in [0.15, 0.2) is 30.7 Å². The van der Waals surface area contributed by atoms with Crippen molar-refractivity contribution < 1.29 is 37.4 Å². The molecule has 3 fully saturated rings. The van der Waals surface area contributed by atoms with Crippen LogP contribution in [0.25, 0.3) is 21.6 Å². The van der Waals surface area contributed by atoms with Gasteiger partial charge in [0.1, 0.15) is 5.82 Å². The molecule has 2 saturated heterocycles. The second-order valence-electron chi connectivity index (χ2n) is 10.2. The molecule has 3 aromatic heterocycles. The summed E-state index contributed by atoms with van der Waals surface area (Å²) in [6, 6.07) is 3.96. The predicted octanol–water partition coefficient (Wildman–Crippen LogP) is 2.92. The zero-order valence-corrected chi connectivity index (χ0v) is 21.9. The van der Waals surface area contributed by atoms with Gasteiger partial charge in [-0.2, -0.15) is 13.2 Å². The van der Waals surface area contributed by atoms with Crippen molar-refractivity contribution in [3.63, 3.8) is 0 Å². The molecule has 3 aromatic rings. The molecule has 208 valence electrons. The van der Waals surface area contributed by atoms with Gasteiger partial charge in [0.25, 0.3) is 0 Å². The van der Waals surface area contributed by atoms with Crippen molar-refractivity contribution in [3.05, 3.63) is 35.6 Å². The van der Waals surface area contributed by atoms with Gasteiger partial charge in [0.2, 0.25) is 11.8 Å². The highest BCUT2D eigenvalue weighted by atomic mass is 32.1. The highest BCUT2D eigenvalue weighted by molar-refractivity contribution is 7.19. The van der Waals surface area contributed by atoms with Crippen molar-refractivity contribution in [2.45, 2.75) is 39.2 Å². The molecule has 2 aliphatic heterocycles. The van der Waals surface area contributed by atoms with Gasteiger partial charge in [-0.3, -0.25) is 19.5 Å². The summed E-state index contributed by atoms with van der Waals surface area (Å²) in [5, 5.41) is 10.5. The number of carboxylic acid groups (broad SMARTS) is 1. The number of imidazole rings is 1. The van der Waals surface area contributed by atoms with Crippen LogP contribution in [0, 0.1) is 17.3 Å². The largest absolute Gasteiger partial charge is 0.490 e. The number of pyridine rings is 1. The average Bonchev–Trinajstić information content (AvgIpc) is 3.27. The van der Waals surface area contributed by atoms with Crippen molar-refractivity contribution in [2.24, 2.45) is 17.3 Å². The molecule has 3 aliphatic rings. The van der Waals surface area contributed by atoms with Gasteiger partial charge in [0.15, 0.2) is 0 Å². The minimum Gasteiger partial charge on any atom is -0.475 e. The number of alkyl halides is 3. The van der Waals surface area contributed by atoms with Crippen molar-refractivity contribution in [1.82, 2.24) is 24.8 Å². The van der Waals surface area contributed by atoms with E-state index < -0.39 is 12.1 Å². The Kier molecular flexibility index (Phi) is 6.97. The van der Waals surface area contributed by atoms with E-state index in [1.807, 2.05) is 38.4 Å². The average molecular weight is 566 g/mol. The number of carbonyl (C=O) groups is 3. The summed E-state index contributed by atoms with van der Waals surface area (Å²) in [6.07, 6.45) is 0.595. The summed E-state index contributed by atoms with van der Waals surface area (Å²) >= 11 is 1.58. The monoisotopic (exact) mass is 565 g/mol. The molecule has 14 heteroatoms. The van der Waals surface area contributed by atoms with Gasteiger partial charge in [-0.05, 0) is 17.5 Å². The van der Waals surface area contributed by atoms with Gasteiger partial charge in [0.05, 0.1) is 47.9 Å². The third-order valence-corrected chi connectivity index (χ3v) is 8.41. The highest BCUT2D eigenvalue weighted by Crippen LogP contribution is 2.63. The number of aromatic nitrogens is 3. The van der Waals surface area contributed by atoms with Crippen LogP contribution < -0.4 is 5.32 Å². The lowest BCUT2D eigenvalue weighted by atomic mass is 10.1. The molecule has 39 heavy (non-hydrogen) atoms. The number of aliphatic carboxylic acids is 1. The first-order chi connectivity index (χ1) is 18.4. The summed E-state index contributed by atoms with van der Waals surface area (Å²) in [6.45, 7) is 7.47. The zero-order chi connectivity index (χ0) is 28.1. The number of nitrogens with zero attached hydrogens (tertiary/aromatic N) is 4. The Labute approximate surface area is 224 Å². The molecule has 1 saturated carbocycles. The molecule has 2 N–H and O–H groups in total. The van der Waals surface area contributed by atoms with E-state index in [0.717, 1.165) is 52.7 Å². The fraction of sp³-hybridized carbons (Fsp3) is 0.480. The second-order valence-corrected chi connectivity index (χ2v) is 11.4. The molecule has 1 aliphatic carbocycles. The molecule has 2 amide bonds. The molecule has 6 rings (SSSR count). The first-order valence-electron chi connectivity index (χ1n) is 12.3. The number of halogens is 3. The number of amides is 2. The predicted molar refractivity (Wildman–Crippen MR) is 133 cm³/mol. The van der Waals surface area contributed by atoms with E-state index in [1.165, 1.54) is 4.90 Å².